The second-order valence-corrected chi connectivity index (χ2v) is 6.01. The number of nitrogens with zero attached hydrogens (tertiary/aromatic N) is 4. The molecule has 9 nitrogen and oxygen atoms in total. The SMILES string of the molecule is O=c1nc2ncnc3[nH]cc[nH]c(O)cccccoc4cccc(c4)ncc1c23. The molecule has 0 amide bonds. The van der Waals surface area contributed by atoms with Crippen LogP contribution in [0.4, 0.5) is 0 Å². The fourth-order valence-corrected chi connectivity index (χ4v) is 2.65. The van der Waals surface area contributed by atoms with Gasteiger partial charge in [0.05, 0.1) is 22.6 Å². The van der Waals surface area contributed by atoms with Gasteiger partial charge in [0, 0.05) is 24.7 Å². The van der Waals surface area contributed by atoms with Gasteiger partial charge in [-0.25, -0.2) is 9.97 Å². The summed E-state index contributed by atoms with van der Waals surface area (Å²) in [5, 5.41) is 10.5. The minimum Gasteiger partial charge on any atom is -0.495 e. The predicted octanol–water partition coefficient (Wildman–Crippen LogP) is 3.41. The van der Waals surface area contributed by atoms with Crippen molar-refractivity contribution in [3.8, 4) is 5.88 Å². The minimum atomic E-state index is -0.452. The molecule has 148 valence electrons. The largest absolute Gasteiger partial charge is 0.495 e. The van der Waals surface area contributed by atoms with Gasteiger partial charge in [0.15, 0.2) is 11.5 Å². The Balaban J connectivity index is 2.07. The van der Waals surface area contributed by atoms with Crippen molar-refractivity contribution in [2.24, 2.45) is 0 Å². The van der Waals surface area contributed by atoms with Crippen LogP contribution >= 0.6 is 0 Å². The van der Waals surface area contributed by atoms with E-state index in [-0.39, 0.29) is 16.9 Å². The lowest BCUT2D eigenvalue weighted by Gasteiger charge is -1.91. The molecule has 1 aromatic carbocycles. The summed E-state index contributed by atoms with van der Waals surface area (Å²) < 4.78 is 5.54. The molecular formula is C21H16N6O3. The highest BCUT2D eigenvalue weighted by Crippen LogP contribution is 2.15. The van der Waals surface area contributed by atoms with Crippen LogP contribution in [0.25, 0.3) is 33.2 Å². The maximum atomic E-state index is 12.4. The first kappa shape index (κ1) is 18.8. The van der Waals surface area contributed by atoms with Crippen LogP contribution in [0.1, 0.15) is 0 Å². The Morgan fingerprint density at radius 1 is 0.933 bits per heavy atom. The third kappa shape index (κ3) is 4.30. The minimum absolute atomic E-state index is 0.0679. The van der Waals surface area contributed by atoms with E-state index in [9.17, 15) is 9.90 Å². The third-order valence-corrected chi connectivity index (χ3v) is 3.99. The van der Waals surface area contributed by atoms with Crippen molar-refractivity contribution in [1.29, 1.82) is 0 Å². The number of benzene rings is 1. The van der Waals surface area contributed by atoms with Crippen LogP contribution in [0.2, 0.25) is 0 Å². The molecule has 2 bridgehead atoms. The van der Waals surface area contributed by atoms with E-state index >= 15 is 0 Å². The summed E-state index contributed by atoms with van der Waals surface area (Å²) in [5.41, 5.74) is 1.38. The van der Waals surface area contributed by atoms with Crippen LogP contribution in [-0.2, 0) is 0 Å². The average Bonchev–Trinajstić information content (AvgIpc) is 3.07. The Morgan fingerprint density at radius 3 is 2.77 bits per heavy atom. The molecule has 0 radical (unpaired) electrons. The average molecular weight is 400 g/mol. The molecule has 0 unspecified atom stereocenters. The molecule has 0 saturated carbocycles. The first-order valence-electron chi connectivity index (χ1n) is 8.90. The second-order valence-electron chi connectivity index (χ2n) is 6.01. The summed E-state index contributed by atoms with van der Waals surface area (Å²) in [5.74, 6) is -0.0679. The van der Waals surface area contributed by atoms with Gasteiger partial charge >= 0.3 is 0 Å². The van der Waals surface area contributed by atoms with Gasteiger partial charge in [-0.15, -0.1) is 0 Å². The van der Waals surface area contributed by atoms with E-state index in [0.717, 1.165) is 0 Å². The number of aromatic hydroxyl groups is 1. The first-order valence-corrected chi connectivity index (χ1v) is 8.90. The number of aromatic amines is 2. The monoisotopic (exact) mass is 400 g/mol. The molecule has 0 atom stereocenters. The van der Waals surface area contributed by atoms with Crippen molar-refractivity contribution in [1.82, 2.24) is 29.9 Å². The zero-order valence-electron chi connectivity index (χ0n) is 15.6. The van der Waals surface area contributed by atoms with Crippen molar-refractivity contribution < 1.29 is 9.52 Å². The Labute approximate surface area is 169 Å². The van der Waals surface area contributed by atoms with Gasteiger partial charge in [0.1, 0.15) is 17.6 Å². The summed E-state index contributed by atoms with van der Waals surface area (Å²) in [6.07, 6.45) is 7.26. The van der Waals surface area contributed by atoms with Crippen molar-refractivity contribution in [3.05, 3.63) is 90.1 Å². The molecule has 30 heavy (non-hydrogen) atoms. The molecule has 0 spiro atoms. The van der Waals surface area contributed by atoms with Crippen LogP contribution in [0, 0.1) is 0 Å². The summed E-state index contributed by atoms with van der Waals surface area (Å²) in [7, 11) is 0. The standard InChI is InChI=1S/C21H16N6O3/c28-17-7-2-1-3-10-30-15-6-4-5-14(11-15)24-12-16-18-19(23-9-8-22-17)25-13-26-20(18)27-21(16)29/h1-13,22,28H,(H,23,25,26,27,29). The van der Waals surface area contributed by atoms with Gasteiger partial charge in [-0.1, -0.05) is 18.2 Å². The molecule has 0 aliphatic heterocycles. The number of aromatic nitrogens is 6. The highest BCUT2D eigenvalue weighted by atomic mass is 16.3. The lowest BCUT2D eigenvalue weighted by molar-refractivity contribution is 0.454. The number of hydrogen-bond donors (Lipinski definition) is 3. The van der Waals surface area contributed by atoms with E-state index in [1.807, 2.05) is 0 Å². The maximum Gasteiger partial charge on any atom is 0.281 e. The summed E-state index contributed by atoms with van der Waals surface area (Å²) in [6, 6.07) is 13.6. The number of hydrogen-bond acceptors (Lipinski definition) is 7. The molecule has 0 aliphatic carbocycles. The number of fused-ring (bicyclic) bond motifs is 2. The second kappa shape index (κ2) is 8.65. The van der Waals surface area contributed by atoms with Gasteiger partial charge in [-0.05, 0) is 24.3 Å². The Kier molecular flexibility index (Phi) is 5.43. The van der Waals surface area contributed by atoms with Crippen molar-refractivity contribution in [2.45, 2.75) is 0 Å². The quantitative estimate of drug-likeness (QED) is 0.412. The lowest BCUT2D eigenvalue weighted by Crippen LogP contribution is -1.96. The number of nitrogens with one attached hydrogen (secondary N) is 2. The van der Waals surface area contributed by atoms with Crippen LogP contribution < -0.4 is 5.56 Å². The smallest absolute Gasteiger partial charge is 0.281 e. The Morgan fingerprint density at radius 2 is 1.83 bits per heavy atom. The highest BCUT2D eigenvalue weighted by Gasteiger charge is 2.09. The van der Waals surface area contributed by atoms with Crippen molar-refractivity contribution in [2.75, 3.05) is 0 Å². The first-order chi connectivity index (χ1) is 14.7. The predicted molar refractivity (Wildman–Crippen MR) is 112 cm³/mol. The van der Waals surface area contributed by atoms with E-state index in [1.165, 1.54) is 37.2 Å². The molecule has 3 N–H and O–H groups in total. The van der Waals surface area contributed by atoms with Gasteiger partial charge in [0.2, 0.25) is 0 Å². The molecule has 3 heterocycles. The van der Waals surface area contributed by atoms with E-state index in [0.29, 0.717) is 22.1 Å². The van der Waals surface area contributed by atoms with E-state index in [1.54, 1.807) is 42.5 Å². The summed E-state index contributed by atoms with van der Waals surface area (Å²) in [6.45, 7) is 0. The molecule has 0 fully saturated rings. The topological polar surface area (TPSA) is 134 Å². The number of rotatable bonds is 0. The highest BCUT2D eigenvalue weighted by molar-refractivity contribution is 6.03. The lowest BCUT2D eigenvalue weighted by atomic mass is 10.3. The molecule has 0 saturated heterocycles. The molecule has 9 heteroatoms. The van der Waals surface area contributed by atoms with Crippen LogP contribution in [0.3, 0.4) is 0 Å². The zero-order chi connectivity index (χ0) is 20.8. The van der Waals surface area contributed by atoms with Gasteiger partial charge < -0.3 is 19.5 Å². The fraction of sp³-hybridized carbons (Fsp3) is 0. The van der Waals surface area contributed by atoms with Gasteiger partial charge in [0.25, 0.3) is 5.56 Å². The third-order valence-electron chi connectivity index (χ3n) is 3.99. The molecule has 4 aromatic rings. The zero-order valence-corrected chi connectivity index (χ0v) is 15.6. The van der Waals surface area contributed by atoms with Gasteiger partial charge in [-0.3, -0.25) is 9.78 Å². The van der Waals surface area contributed by atoms with Crippen LogP contribution in [0.15, 0.2) is 88.9 Å². The van der Waals surface area contributed by atoms with Crippen molar-refractivity contribution >= 4 is 33.2 Å². The van der Waals surface area contributed by atoms with Crippen molar-refractivity contribution in [3.63, 3.8) is 0 Å². The van der Waals surface area contributed by atoms with Crippen LogP contribution in [0.5, 0.6) is 5.88 Å². The summed E-state index contributed by atoms with van der Waals surface area (Å²) in [4.78, 5) is 34.6. The molecule has 4 rings (SSSR count). The molecule has 3 aromatic heterocycles. The van der Waals surface area contributed by atoms with Gasteiger partial charge in [-0.2, -0.15) is 4.98 Å². The molecular weight excluding hydrogens is 384 g/mol. The number of H-pyrrole nitrogens is 2. The van der Waals surface area contributed by atoms with E-state index in [4.69, 9.17) is 4.42 Å². The maximum absolute atomic E-state index is 12.4. The Bertz CT molecular complexity index is 1450. The molecule has 0 aliphatic rings. The van der Waals surface area contributed by atoms with E-state index in [2.05, 4.69) is 29.9 Å². The normalized spacial score (nSPS) is 10.3. The Hall–Kier alpha value is -4.53. The van der Waals surface area contributed by atoms with Crippen LogP contribution in [-0.4, -0.2) is 35.0 Å². The summed E-state index contributed by atoms with van der Waals surface area (Å²) >= 11 is 0. The fourth-order valence-electron chi connectivity index (χ4n) is 2.65. The van der Waals surface area contributed by atoms with E-state index < -0.39 is 5.56 Å².